The molecule has 0 radical (unpaired) electrons. The third kappa shape index (κ3) is 3.93. The Morgan fingerprint density at radius 3 is 2.55 bits per heavy atom. The average Bonchev–Trinajstić information content (AvgIpc) is 2.56. The van der Waals surface area contributed by atoms with E-state index in [-0.39, 0.29) is 5.84 Å². The summed E-state index contributed by atoms with van der Waals surface area (Å²) in [6.07, 6.45) is 1.20. The van der Waals surface area contributed by atoms with Gasteiger partial charge in [0.05, 0.1) is 5.92 Å². The largest absolute Gasteiger partial charge is 0.384 e. The highest BCUT2D eigenvalue weighted by Gasteiger charge is 2.19. The zero-order valence-corrected chi connectivity index (χ0v) is 12.1. The van der Waals surface area contributed by atoms with Gasteiger partial charge >= 0.3 is 0 Å². The van der Waals surface area contributed by atoms with Crippen molar-refractivity contribution in [2.24, 2.45) is 5.73 Å². The smallest absolute Gasteiger partial charge is 0.250 e. The first-order valence-electron chi connectivity index (χ1n) is 7.04. The second-order valence-corrected chi connectivity index (χ2v) is 5.09. The summed E-state index contributed by atoms with van der Waals surface area (Å²) in [6.45, 7) is 0. The van der Waals surface area contributed by atoms with E-state index in [4.69, 9.17) is 16.4 Å². The molecular weight excluding hydrogens is 278 g/mol. The Morgan fingerprint density at radius 1 is 1.18 bits per heavy atom. The van der Waals surface area contributed by atoms with Gasteiger partial charge in [0.15, 0.2) is 0 Å². The van der Waals surface area contributed by atoms with Crippen molar-refractivity contribution < 1.29 is 10.0 Å². The number of carbonyl (C=O) groups is 1. The molecule has 0 aliphatic heterocycles. The number of nitrogens with one attached hydrogen (secondary N) is 2. The Hall–Kier alpha value is -2.66. The Labute approximate surface area is 129 Å². The van der Waals surface area contributed by atoms with Gasteiger partial charge in [0.1, 0.15) is 5.84 Å². The van der Waals surface area contributed by atoms with Gasteiger partial charge < -0.3 is 5.73 Å². The molecule has 0 aliphatic rings. The molecule has 2 rings (SSSR count). The number of hydrogen-bond acceptors (Lipinski definition) is 3. The van der Waals surface area contributed by atoms with E-state index < -0.39 is 11.8 Å². The molecule has 0 aromatic heterocycles. The number of amidine groups is 1. The molecule has 2 aromatic rings. The van der Waals surface area contributed by atoms with Crippen LogP contribution in [0, 0.1) is 5.41 Å². The van der Waals surface area contributed by atoms with E-state index >= 15 is 0 Å². The van der Waals surface area contributed by atoms with Crippen molar-refractivity contribution in [2.45, 2.75) is 18.8 Å². The minimum atomic E-state index is -0.424. The van der Waals surface area contributed by atoms with Crippen molar-refractivity contribution in [3.63, 3.8) is 0 Å². The van der Waals surface area contributed by atoms with Gasteiger partial charge in [-0.25, -0.2) is 5.48 Å². The fourth-order valence-electron chi connectivity index (χ4n) is 2.42. The highest BCUT2D eigenvalue weighted by molar-refractivity contribution is 5.95. The molecule has 0 aliphatic carbocycles. The van der Waals surface area contributed by atoms with Crippen LogP contribution in [0.4, 0.5) is 0 Å². The third-order valence-electron chi connectivity index (χ3n) is 3.59. The van der Waals surface area contributed by atoms with E-state index in [0.717, 1.165) is 11.1 Å². The number of aryl methyl sites for hydroxylation is 1. The molecule has 0 saturated heterocycles. The Kier molecular flexibility index (Phi) is 5.27. The van der Waals surface area contributed by atoms with E-state index in [1.165, 1.54) is 0 Å². The van der Waals surface area contributed by atoms with Crippen molar-refractivity contribution in [2.75, 3.05) is 0 Å². The molecule has 0 bridgehead atoms. The van der Waals surface area contributed by atoms with Crippen LogP contribution in [0.15, 0.2) is 54.6 Å². The zero-order valence-electron chi connectivity index (χ0n) is 12.1. The van der Waals surface area contributed by atoms with Crippen LogP contribution in [0.1, 0.15) is 29.0 Å². The van der Waals surface area contributed by atoms with E-state index in [1.807, 2.05) is 48.5 Å². The molecule has 0 heterocycles. The second kappa shape index (κ2) is 7.38. The molecule has 1 amide bonds. The van der Waals surface area contributed by atoms with Crippen LogP contribution in [0.3, 0.4) is 0 Å². The minimum absolute atomic E-state index is 0.0227. The summed E-state index contributed by atoms with van der Waals surface area (Å²) >= 11 is 0. The van der Waals surface area contributed by atoms with Crippen molar-refractivity contribution in [3.05, 3.63) is 71.3 Å². The molecule has 5 nitrogen and oxygen atoms in total. The summed E-state index contributed by atoms with van der Waals surface area (Å²) in [5.74, 6) is -0.823. The average molecular weight is 297 g/mol. The van der Waals surface area contributed by atoms with E-state index in [2.05, 4.69) is 0 Å². The number of rotatable bonds is 6. The number of carbonyl (C=O) groups excluding carboxylic acids is 1. The highest BCUT2D eigenvalue weighted by Crippen LogP contribution is 2.22. The number of hydrogen-bond donors (Lipinski definition) is 4. The summed E-state index contributed by atoms with van der Waals surface area (Å²) in [5, 5.41) is 16.4. The van der Waals surface area contributed by atoms with Crippen LogP contribution in [-0.2, 0) is 11.2 Å². The molecule has 0 spiro atoms. The van der Waals surface area contributed by atoms with E-state index in [9.17, 15) is 4.79 Å². The molecule has 0 saturated carbocycles. The van der Waals surface area contributed by atoms with Gasteiger partial charge in [0, 0.05) is 5.56 Å². The lowest BCUT2D eigenvalue weighted by atomic mass is 9.91. The lowest BCUT2D eigenvalue weighted by Crippen LogP contribution is -2.26. The van der Waals surface area contributed by atoms with Gasteiger partial charge in [0.2, 0.25) is 0 Å². The summed E-state index contributed by atoms with van der Waals surface area (Å²) in [5.41, 5.74) is 9.75. The fraction of sp³-hybridized carbons (Fsp3) is 0.176. The van der Waals surface area contributed by atoms with Crippen LogP contribution in [0.5, 0.6) is 0 Å². The predicted molar refractivity (Wildman–Crippen MR) is 84.9 cm³/mol. The summed E-state index contributed by atoms with van der Waals surface area (Å²) < 4.78 is 0. The number of amides is 1. The summed E-state index contributed by atoms with van der Waals surface area (Å²) in [7, 11) is 0. The van der Waals surface area contributed by atoms with Gasteiger partial charge in [-0.15, -0.1) is 0 Å². The Morgan fingerprint density at radius 2 is 1.91 bits per heavy atom. The van der Waals surface area contributed by atoms with Crippen LogP contribution >= 0.6 is 0 Å². The number of hydroxylamine groups is 1. The maximum Gasteiger partial charge on any atom is 0.250 e. The Bertz CT molecular complexity index is 656. The van der Waals surface area contributed by atoms with Gasteiger partial charge in [0.25, 0.3) is 5.91 Å². The zero-order chi connectivity index (χ0) is 15.9. The quantitative estimate of drug-likeness (QED) is 0.284. The molecule has 0 fully saturated rings. The SMILES string of the molecule is N=C(N)c1cccc(CCC(C(=O)NO)c2ccccc2)c1. The maximum absolute atomic E-state index is 11.9. The minimum Gasteiger partial charge on any atom is -0.384 e. The van der Waals surface area contributed by atoms with Crippen molar-refractivity contribution in [1.29, 1.82) is 5.41 Å². The van der Waals surface area contributed by atoms with Crippen LogP contribution in [0.25, 0.3) is 0 Å². The standard InChI is InChI=1S/C17H19N3O2/c18-16(19)14-8-4-5-12(11-14)9-10-15(17(21)20-22)13-6-2-1-3-7-13/h1-8,11,15,22H,9-10H2,(H3,18,19)(H,20,21). The Balaban J connectivity index is 2.13. The molecule has 22 heavy (non-hydrogen) atoms. The third-order valence-corrected chi connectivity index (χ3v) is 3.59. The first-order valence-corrected chi connectivity index (χ1v) is 7.04. The molecule has 2 aromatic carbocycles. The first-order chi connectivity index (χ1) is 10.6. The summed E-state index contributed by atoms with van der Waals surface area (Å²) in [4.78, 5) is 11.9. The molecule has 1 atom stereocenters. The van der Waals surface area contributed by atoms with E-state index in [1.54, 1.807) is 11.5 Å². The first kappa shape index (κ1) is 15.7. The van der Waals surface area contributed by atoms with Crippen molar-refractivity contribution in [1.82, 2.24) is 5.48 Å². The maximum atomic E-state index is 11.9. The van der Waals surface area contributed by atoms with Gasteiger partial charge in [-0.3, -0.25) is 15.4 Å². The monoisotopic (exact) mass is 297 g/mol. The second-order valence-electron chi connectivity index (χ2n) is 5.09. The van der Waals surface area contributed by atoms with E-state index in [0.29, 0.717) is 18.4 Å². The molecule has 5 N–H and O–H groups in total. The predicted octanol–water partition coefficient (Wildman–Crippen LogP) is 2.19. The number of nitrogen functional groups attached to an aromatic ring is 1. The van der Waals surface area contributed by atoms with Crippen molar-refractivity contribution in [3.8, 4) is 0 Å². The van der Waals surface area contributed by atoms with Gasteiger partial charge in [-0.2, -0.15) is 0 Å². The molecule has 5 heteroatoms. The lowest BCUT2D eigenvalue weighted by molar-refractivity contribution is -0.130. The van der Waals surface area contributed by atoms with Crippen molar-refractivity contribution >= 4 is 11.7 Å². The molecule has 1 unspecified atom stereocenters. The van der Waals surface area contributed by atoms with Crippen LogP contribution in [0.2, 0.25) is 0 Å². The lowest BCUT2D eigenvalue weighted by Gasteiger charge is -2.15. The number of nitrogens with two attached hydrogens (primary N) is 1. The fourth-order valence-corrected chi connectivity index (χ4v) is 2.42. The normalized spacial score (nSPS) is 11.7. The topological polar surface area (TPSA) is 99.2 Å². The molecular formula is C17H19N3O2. The van der Waals surface area contributed by atoms with Crippen LogP contribution < -0.4 is 11.2 Å². The molecule has 114 valence electrons. The number of benzene rings is 2. The van der Waals surface area contributed by atoms with Gasteiger partial charge in [-0.1, -0.05) is 48.5 Å². The summed E-state index contributed by atoms with van der Waals surface area (Å²) in [6, 6.07) is 16.8. The van der Waals surface area contributed by atoms with Gasteiger partial charge in [-0.05, 0) is 30.0 Å². The van der Waals surface area contributed by atoms with Crippen LogP contribution in [-0.4, -0.2) is 17.0 Å². The highest BCUT2D eigenvalue weighted by atomic mass is 16.5.